The number of fused-ring (bicyclic) bond motifs is 1. The Kier molecular flexibility index (Phi) is 5.58. The number of benzene rings is 2. The number of nitrogens with one attached hydrogen (secondary N) is 1. The average Bonchev–Trinajstić information content (AvgIpc) is 2.67. The lowest BCUT2D eigenvalue weighted by molar-refractivity contribution is -0.137. The van der Waals surface area contributed by atoms with Crippen molar-refractivity contribution < 1.29 is 18.0 Å². The van der Waals surface area contributed by atoms with Crippen LogP contribution in [0.5, 0.6) is 0 Å². The summed E-state index contributed by atoms with van der Waals surface area (Å²) < 4.78 is 39.2. The highest BCUT2D eigenvalue weighted by atomic mass is 19.4. The van der Waals surface area contributed by atoms with Crippen LogP contribution in [0.2, 0.25) is 0 Å². The van der Waals surface area contributed by atoms with Crippen molar-refractivity contribution in [3.05, 3.63) is 80.5 Å². The SMILES string of the molecule is CN(Cc1ccc(C(F)(F)F)cc1)C(=O)CCn1c(=O)[nH]c(=O)c2ccccc21. The fraction of sp³-hybridized carbons (Fsp3) is 0.250. The van der Waals surface area contributed by atoms with Crippen molar-refractivity contribution in [2.75, 3.05) is 7.05 Å². The molecular weight excluding hydrogens is 387 g/mol. The predicted octanol–water partition coefficient (Wildman–Crippen LogP) is 2.76. The highest BCUT2D eigenvalue weighted by Crippen LogP contribution is 2.29. The molecule has 0 fully saturated rings. The largest absolute Gasteiger partial charge is 0.416 e. The molecule has 1 aromatic heterocycles. The number of hydrogen-bond acceptors (Lipinski definition) is 3. The van der Waals surface area contributed by atoms with Gasteiger partial charge in [0.05, 0.1) is 16.5 Å². The number of H-pyrrole nitrogens is 1. The third-order valence-corrected chi connectivity index (χ3v) is 4.58. The molecule has 0 saturated heterocycles. The van der Waals surface area contributed by atoms with E-state index in [0.29, 0.717) is 16.5 Å². The molecule has 0 atom stereocenters. The summed E-state index contributed by atoms with van der Waals surface area (Å²) in [5.41, 5.74) is -0.862. The van der Waals surface area contributed by atoms with Crippen LogP contribution in [0, 0.1) is 0 Å². The maximum atomic E-state index is 12.6. The van der Waals surface area contributed by atoms with E-state index < -0.39 is 23.0 Å². The summed E-state index contributed by atoms with van der Waals surface area (Å²) in [6.07, 6.45) is -4.42. The summed E-state index contributed by atoms with van der Waals surface area (Å²) in [7, 11) is 1.54. The number of carbonyl (C=O) groups is 1. The summed E-state index contributed by atoms with van der Waals surface area (Å²) in [4.78, 5) is 40.0. The molecule has 0 radical (unpaired) electrons. The summed E-state index contributed by atoms with van der Waals surface area (Å²) in [6, 6.07) is 11.2. The maximum Gasteiger partial charge on any atom is 0.416 e. The number of rotatable bonds is 5. The topological polar surface area (TPSA) is 75.2 Å². The number of amides is 1. The van der Waals surface area contributed by atoms with Gasteiger partial charge in [-0.3, -0.25) is 19.1 Å². The highest BCUT2D eigenvalue weighted by molar-refractivity contribution is 5.78. The number of alkyl halides is 3. The van der Waals surface area contributed by atoms with Gasteiger partial charge < -0.3 is 4.90 Å². The molecule has 3 aromatic rings. The number of carbonyl (C=O) groups excluding carboxylic acids is 1. The minimum absolute atomic E-state index is 0.00687. The molecule has 1 amide bonds. The molecule has 0 bridgehead atoms. The zero-order chi connectivity index (χ0) is 21.2. The van der Waals surface area contributed by atoms with Crippen LogP contribution >= 0.6 is 0 Å². The standard InChI is InChI=1S/C20H18F3N3O3/c1-25(12-13-6-8-14(9-7-13)20(21,22)23)17(27)10-11-26-16-5-3-2-4-15(16)18(28)24-19(26)29/h2-9H,10-12H2,1H3,(H,24,28,29). The quantitative estimate of drug-likeness (QED) is 0.709. The number of aromatic nitrogens is 2. The van der Waals surface area contributed by atoms with E-state index >= 15 is 0 Å². The number of halogens is 3. The van der Waals surface area contributed by atoms with Crippen molar-refractivity contribution in [3.8, 4) is 0 Å². The Morgan fingerprint density at radius 1 is 1.07 bits per heavy atom. The van der Waals surface area contributed by atoms with E-state index in [-0.39, 0.29) is 25.4 Å². The predicted molar refractivity (Wildman–Crippen MR) is 101 cm³/mol. The first-order valence-electron chi connectivity index (χ1n) is 8.79. The molecule has 6 nitrogen and oxygen atoms in total. The smallest absolute Gasteiger partial charge is 0.341 e. The molecule has 2 aromatic carbocycles. The first-order valence-corrected chi connectivity index (χ1v) is 8.79. The van der Waals surface area contributed by atoms with Crippen molar-refractivity contribution in [1.82, 2.24) is 14.5 Å². The Morgan fingerprint density at radius 3 is 2.38 bits per heavy atom. The number of para-hydroxylation sites is 1. The van der Waals surface area contributed by atoms with E-state index in [9.17, 15) is 27.6 Å². The molecule has 0 aliphatic rings. The molecular formula is C20H18F3N3O3. The minimum atomic E-state index is -4.41. The summed E-state index contributed by atoms with van der Waals surface area (Å²) >= 11 is 0. The second-order valence-corrected chi connectivity index (χ2v) is 6.62. The Labute approximate surface area is 163 Å². The Morgan fingerprint density at radius 2 is 1.72 bits per heavy atom. The molecule has 0 aliphatic heterocycles. The average molecular weight is 405 g/mol. The van der Waals surface area contributed by atoms with Crippen LogP contribution in [0.25, 0.3) is 10.9 Å². The monoisotopic (exact) mass is 405 g/mol. The highest BCUT2D eigenvalue weighted by Gasteiger charge is 2.30. The van der Waals surface area contributed by atoms with E-state index in [4.69, 9.17) is 0 Å². The van der Waals surface area contributed by atoms with Gasteiger partial charge >= 0.3 is 11.9 Å². The van der Waals surface area contributed by atoms with Crippen molar-refractivity contribution in [2.45, 2.75) is 25.7 Å². The molecule has 1 heterocycles. The molecule has 0 aliphatic carbocycles. The lowest BCUT2D eigenvalue weighted by Crippen LogP contribution is -2.33. The maximum absolute atomic E-state index is 12.6. The first-order chi connectivity index (χ1) is 13.7. The van der Waals surface area contributed by atoms with Crippen molar-refractivity contribution in [1.29, 1.82) is 0 Å². The van der Waals surface area contributed by atoms with E-state index in [0.717, 1.165) is 12.1 Å². The lowest BCUT2D eigenvalue weighted by atomic mass is 10.1. The van der Waals surface area contributed by atoms with Crippen LogP contribution in [0.1, 0.15) is 17.5 Å². The molecule has 9 heteroatoms. The van der Waals surface area contributed by atoms with Crippen molar-refractivity contribution >= 4 is 16.8 Å². The summed E-state index contributed by atoms with van der Waals surface area (Å²) in [5, 5.41) is 0.345. The van der Waals surface area contributed by atoms with Crippen LogP contribution in [-0.4, -0.2) is 27.4 Å². The molecule has 152 valence electrons. The Bertz CT molecular complexity index is 1150. The third kappa shape index (κ3) is 4.56. The molecule has 0 spiro atoms. The number of nitrogens with zero attached hydrogens (tertiary/aromatic N) is 2. The van der Waals surface area contributed by atoms with Gasteiger partial charge in [0.25, 0.3) is 5.56 Å². The van der Waals surface area contributed by atoms with Gasteiger partial charge in [-0.1, -0.05) is 24.3 Å². The van der Waals surface area contributed by atoms with Crippen LogP contribution in [-0.2, 0) is 24.1 Å². The summed E-state index contributed by atoms with van der Waals surface area (Å²) in [5.74, 6) is -0.285. The van der Waals surface area contributed by atoms with Gasteiger partial charge in [0.15, 0.2) is 0 Å². The van der Waals surface area contributed by atoms with Crippen molar-refractivity contribution in [3.63, 3.8) is 0 Å². The number of aromatic amines is 1. The second-order valence-electron chi connectivity index (χ2n) is 6.62. The van der Waals surface area contributed by atoms with E-state index in [1.165, 1.54) is 28.6 Å². The minimum Gasteiger partial charge on any atom is -0.341 e. The zero-order valence-corrected chi connectivity index (χ0v) is 15.5. The van der Waals surface area contributed by atoms with Gasteiger partial charge in [0.1, 0.15) is 0 Å². The normalized spacial score (nSPS) is 11.6. The molecule has 1 N–H and O–H groups in total. The van der Waals surface area contributed by atoms with Crippen LogP contribution in [0.4, 0.5) is 13.2 Å². The van der Waals surface area contributed by atoms with E-state index in [1.54, 1.807) is 24.3 Å². The fourth-order valence-corrected chi connectivity index (χ4v) is 3.02. The van der Waals surface area contributed by atoms with Gasteiger partial charge in [-0.15, -0.1) is 0 Å². The fourth-order valence-electron chi connectivity index (χ4n) is 3.02. The molecule has 0 saturated carbocycles. The third-order valence-electron chi connectivity index (χ3n) is 4.58. The van der Waals surface area contributed by atoms with Crippen LogP contribution < -0.4 is 11.2 Å². The van der Waals surface area contributed by atoms with Gasteiger partial charge in [0.2, 0.25) is 5.91 Å². The van der Waals surface area contributed by atoms with Crippen molar-refractivity contribution in [2.24, 2.45) is 0 Å². The van der Waals surface area contributed by atoms with Gasteiger partial charge in [0, 0.05) is 26.6 Å². The van der Waals surface area contributed by atoms with Gasteiger partial charge in [-0.2, -0.15) is 13.2 Å². The number of hydrogen-bond donors (Lipinski definition) is 1. The van der Waals surface area contributed by atoms with E-state index in [1.807, 2.05) is 0 Å². The van der Waals surface area contributed by atoms with Gasteiger partial charge in [-0.05, 0) is 29.8 Å². The molecule has 0 unspecified atom stereocenters. The molecule has 29 heavy (non-hydrogen) atoms. The lowest BCUT2D eigenvalue weighted by Gasteiger charge is -2.18. The number of aryl methyl sites for hydroxylation is 1. The van der Waals surface area contributed by atoms with E-state index in [2.05, 4.69) is 4.98 Å². The van der Waals surface area contributed by atoms with Crippen LogP contribution in [0.3, 0.4) is 0 Å². The Balaban J connectivity index is 1.69. The summed E-state index contributed by atoms with van der Waals surface area (Å²) in [6.45, 7) is 0.199. The second kappa shape index (κ2) is 7.94. The first kappa shape index (κ1) is 20.4. The Hall–Kier alpha value is -3.36. The van der Waals surface area contributed by atoms with Crippen LogP contribution in [0.15, 0.2) is 58.1 Å². The van der Waals surface area contributed by atoms with Gasteiger partial charge in [-0.25, -0.2) is 4.79 Å². The molecule has 3 rings (SSSR count). The zero-order valence-electron chi connectivity index (χ0n) is 15.5.